The van der Waals surface area contributed by atoms with Crippen LogP contribution < -0.4 is 9.47 Å². The molecule has 7 nitrogen and oxygen atoms in total. The molecule has 1 aromatic carbocycles. The molecule has 0 aliphatic carbocycles. The highest BCUT2D eigenvalue weighted by Gasteiger charge is 2.25. The fraction of sp³-hybridized carbons (Fsp3) is 0.400. The molecular weight excluding hydrogens is 346 g/mol. The minimum atomic E-state index is -0.106. The van der Waals surface area contributed by atoms with E-state index in [9.17, 15) is 9.59 Å². The Kier molecular flexibility index (Phi) is 6.01. The van der Waals surface area contributed by atoms with E-state index < -0.39 is 0 Å². The van der Waals surface area contributed by atoms with E-state index in [0.29, 0.717) is 49.7 Å². The summed E-state index contributed by atoms with van der Waals surface area (Å²) in [6.07, 6.45) is 4.77. The summed E-state index contributed by atoms with van der Waals surface area (Å²) in [6, 6.07) is 7.09. The molecule has 27 heavy (non-hydrogen) atoms. The Morgan fingerprint density at radius 2 is 1.81 bits per heavy atom. The van der Waals surface area contributed by atoms with Crippen LogP contribution in [0.15, 0.2) is 36.7 Å². The molecule has 2 amide bonds. The third-order valence-corrected chi connectivity index (χ3v) is 4.79. The van der Waals surface area contributed by atoms with Crippen molar-refractivity contribution in [2.24, 2.45) is 0 Å². The summed E-state index contributed by atoms with van der Waals surface area (Å²) in [6.45, 7) is 2.29. The molecule has 1 aliphatic heterocycles. The number of ether oxygens (including phenoxy) is 2. The minimum absolute atomic E-state index is 0.0860. The van der Waals surface area contributed by atoms with Crippen molar-refractivity contribution in [3.63, 3.8) is 0 Å². The number of nitrogens with one attached hydrogen (secondary N) is 1. The monoisotopic (exact) mass is 371 g/mol. The summed E-state index contributed by atoms with van der Waals surface area (Å²) in [4.78, 5) is 32.1. The molecule has 0 bridgehead atoms. The van der Waals surface area contributed by atoms with E-state index in [4.69, 9.17) is 9.47 Å². The van der Waals surface area contributed by atoms with Gasteiger partial charge in [-0.2, -0.15) is 0 Å². The largest absolute Gasteiger partial charge is 0.497 e. The number of rotatable bonds is 5. The normalized spacial score (nSPS) is 14.6. The topological polar surface area (TPSA) is 74.9 Å². The Morgan fingerprint density at radius 3 is 2.52 bits per heavy atom. The van der Waals surface area contributed by atoms with Gasteiger partial charge in [-0.15, -0.1) is 0 Å². The van der Waals surface area contributed by atoms with Crippen molar-refractivity contribution in [2.45, 2.75) is 12.8 Å². The van der Waals surface area contributed by atoms with Crippen LogP contribution in [0.3, 0.4) is 0 Å². The molecule has 1 aliphatic rings. The Bertz CT molecular complexity index is 789. The maximum atomic E-state index is 13.0. The molecule has 0 radical (unpaired) electrons. The molecule has 1 N–H and O–H groups in total. The highest BCUT2D eigenvalue weighted by Crippen LogP contribution is 2.25. The predicted molar refractivity (Wildman–Crippen MR) is 101 cm³/mol. The van der Waals surface area contributed by atoms with Crippen LogP contribution in [0.5, 0.6) is 11.5 Å². The molecule has 2 heterocycles. The summed E-state index contributed by atoms with van der Waals surface area (Å²) >= 11 is 0. The highest BCUT2D eigenvalue weighted by molar-refractivity contribution is 5.97. The Morgan fingerprint density at radius 1 is 1.04 bits per heavy atom. The van der Waals surface area contributed by atoms with Gasteiger partial charge in [0.2, 0.25) is 5.91 Å². The number of H-pyrrole nitrogens is 1. The zero-order valence-electron chi connectivity index (χ0n) is 15.7. The van der Waals surface area contributed by atoms with Gasteiger partial charge in [0.25, 0.3) is 5.91 Å². The molecule has 144 valence electrons. The molecule has 2 aromatic rings. The van der Waals surface area contributed by atoms with Crippen molar-refractivity contribution >= 4 is 11.8 Å². The van der Waals surface area contributed by atoms with E-state index in [1.54, 1.807) is 37.3 Å². The number of hydrogen-bond donors (Lipinski definition) is 1. The first kappa shape index (κ1) is 18.8. The van der Waals surface area contributed by atoms with E-state index in [1.807, 2.05) is 23.4 Å². The molecule has 0 spiro atoms. The second-order valence-electron chi connectivity index (χ2n) is 6.49. The number of methoxy groups -OCH3 is 2. The summed E-state index contributed by atoms with van der Waals surface area (Å²) in [7, 11) is 3.11. The first-order valence-corrected chi connectivity index (χ1v) is 9.03. The second kappa shape index (κ2) is 8.62. The van der Waals surface area contributed by atoms with Crippen molar-refractivity contribution < 1.29 is 19.1 Å². The molecule has 0 unspecified atom stereocenters. The van der Waals surface area contributed by atoms with Crippen LogP contribution in [0.25, 0.3) is 0 Å². The third kappa shape index (κ3) is 4.42. The minimum Gasteiger partial charge on any atom is -0.497 e. The van der Waals surface area contributed by atoms with Gasteiger partial charge >= 0.3 is 0 Å². The molecule has 0 atom stereocenters. The van der Waals surface area contributed by atoms with Crippen LogP contribution in [0, 0.1) is 0 Å². The summed E-state index contributed by atoms with van der Waals surface area (Å²) in [5.74, 6) is 1.11. The number of carbonyl (C=O) groups excluding carboxylic acids is 2. The fourth-order valence-electron chi connectivity index (χ4n) is 3.28. The van der Waals surface area contributed by atoms with E-state index in [2.05, 4.69) is 4.98 Å². The number of amides is 2. The van der Waals surface area contributed by atoms with E-state index in [0.717, 1.165) is 12.0 Å². The lowest BCUT2D eigenvalue weighted by Gasteiger charge is -2.23. The van der Waals surface area contributed by atoms with Gasteiger partial charge in [-0.3, -0.25) is 9.59 Å². The Hall–Kier alpha value is -2.96. The van der Waals surface area contributed by atoms with Crippen LogP contribution in [-0.2, 0) is 11.2 Å². The SMILES string of the molecule is COc1ccc(OC)c(C(=O)N2CCCN(C(=O)Cc3cc[nH]c3)CC2)c1. The molecule has 3 rings (SSSR count). The number of aromatic amines is 1. The number of nitrogens with zero attached hydrogens (tertiary/aromatic N) is 2. The first-order valence-electron chi connectivity index (χ1n) is 9.03. The van der Waals surface area contributed by atoms with Crippen LogP contribution in [0.2, 0.25) is 0 Å². The highest BCUT2D eigenvalue weighted by atomic mass is 16.5. The van der Waals surface area contributed by atoms with Gasteiger partial charge in [-0.1, -0.05) is 0 Å². The van der Waals surface area contributed by atoms with E-state index >= 15 is 0 Å². The summed E-state index contributed by atoms with van der Waals surface area (Å²) in [5.41, 5.74) is 1.45. The first-order chi connectivity index (χ1) is 13.1. The van der Waals surface area contributed by atoms with E-state index in [1.165, 1.54) is 0 Å². The molecule has 1 aromatic heterocycles. The van der Waals surface area contributed by atoms with E-state index in [-0.39, 0.29) is 11.8 Å². The van der Waals surface area contributed by atoms with Gasteiger partial charge in [-0.05, 0) is 36.2 Å². The van der Waals surface area contributed by atoms with Gasteiger partial charge in [0.15, 0.2) is 0 Å². The Balaban J connectivity index is 1.67. The molecule has 0 saturated carbocycles. The predicted octanol–water partition coefficient (Wildman–Crippen LogP) is 1.95. The van der Waals surface area contributed by atoms with Gasteiger partial charge in [0.1, 0.15) is 11.5 Å². The van der Waals surface area contributed by atoms with Crippen molar-refractivity contribution in [1.82, 2.24) is 14.8 Å². The van der Waals surface area contributed by atoms with Crippen LogP contribution in [0.1, 0.15) is 22.3 Å². The number of hydrogen-bond acceptors (Lipinski definition) is 4. The lowest BCUT2D eigenvalue weighted by molar-refractivity contribution is -0.130. The Labute approximate surface area is 158 Å². The number of carbonyl (C=O) groups is 2. The van der Waals surface area contributed by atoms with Crippen LogP contribution in [0.4, 0.5) is 0 Å². The zero-order chi connectivity index (χ0) is 19.2. The lowest BCUT2D eigenvalue weighted by Crippen LogP contribution is -2.38. The van der Waals surface area contributed by atoms with Gasteiger partial charge in [0, 0.05) is 38.6 Å². The standard InChI is InChI=1S/C20H25N3O4/c1-26-16-4-5-18(27-2)17(13-16)20(25)23-9-3-8-22(10-11-23)19(24)12-15-6-7-21-14-15/h4-7,13-14,21H,3,8-12H2,1-2H3. The number of aromatic nitrogens is 1. The van der Waals surface area contributed by atoms with Crippen LogP contribution >= 0.6 is 0 Å². The van der Waals surface area contributed by atoms with Gasteiger partial charge < -0.3 is 24.3 Å². The van der Waals surface area contributed by atoms with Crippen molar-refractivity contribution in [1.29, 1.82) is 0 Å². The fourth-order valence-corrected chi connectivity index (χ4v) is 3.28. The maximum absolute atomic E-state index is 13.0. The average molecular weight is 371 g/mol. The smallest absolute Gasteiger partial charge is 0.257 e. The maximum Gasteiger partial charge on any atom is 0.257 e. The van der Waals surface area contributed by atoms with Crippen LogP contribution in [-0.4, -0.2) is 67.0 Å². The zero-order valence-corrected chi connectivity index (χ0v) is 15.7. The third-order valence-electron chi connectivity index (χ3n) is 4.79. The quantitative estimate of drug-likeness (QED) is 0.872. The van der Waals surface area contributed by atoms with Gasteiger partial charge in [0.05, 0.1) is 26.2 Å². The van der Waals surface area contributed by atoms with Crippen molar-refractivity contribution in [2.75, 3.05) is 40.4 Å². The average Bonchev–Trinajstić information content (AvgIpc) is 3.07. The van der Waals surface area contributed by atoms with Crippen molar-refractivity contribution in [3.8, 4) is 11.5 Å². The molecule has 1 fully saturated rings. The summed E-state index contributed by atoms with van der Waals surface area (Å²) < 4.78 is 10.6. The van der Waals surface area contributed by atoms with Gasteiger partial charge in [-0.25, -0.2) is 0 Å². The van der Waals surface area contributed by atoms with Crippen molar-refractivity contribution in [3.05, 3.63) is 47.8 Å². The molecule has 7 heteroatoms. The molecular formula is C20H25N3O4. The summed E-state index contributed by atoms with van der Waals surface area (Å²) in [5, 5.41) is 0. The molecule has 1 saturated heterocycles. The second-order valence-corrected chi connectivity index (χ2v) is 6.49. The lowest BCUT2D eigenvalue weighted by atomic mass is 10.1. The number of benzene rings is 1.